The van der Waals surface area contributed by atoms with E-state index in [2.05, 4.69) is 5.32 Å². The Morgan fingerprint density at radius 1 is 1.00 bits per heavy atom. The molecule has 3 aromatic carbocycles. The Morgan fingerprint density at radius 3 is 2.47 bits per heavy atom. The summed E-state index contributed by atoms with van der Waals surface area (Å²) in [5, 5.41) is 4.27. The van der Waals surface area contributed by atoms with Crippen molar-refractivity contribution in [1.29, 1.82) is 0 Å². The minimum atomic E-state index is -0.305. The molecule has 1 N–H and O–H groups in total. The number of methoxy groups -OCH3 is 2. The number of ether oxygens (including phenoxy) is 2. The molecular weight excluding hydrogens is 426 g/mol. The van der Waals surface area contributed by atoms with Crippen LogP contribution in [-0.4, -0.2) is 20.1 Å². The molecule has 0 saturated carbocycles. The van der Waals surface area contributed by atoms with Crippen molar-refractivity contribution < 1.29 is 18.7 Å². The van der Waals surface area contributed by atoms with Gasteiger partial charge in [-0.25, -0.2) is 0 Å². The molecule has 0 bridgehead atoms. The number of hydrogen-bond donors (Lipinski definition) is 1. The number of amides is 1. The van der Waals surface area contributed by atoms with Crippen LogP contribution in [0, 0.1) is 0 Å². The van der Waals surface area contributed by atoms with Crippen LogP contribution in [0.25, 0.3) is 27.7 Å². The predicted molar refractivity (Wildman–Crippen MR) is 128 cm³/mol. The summed E-state index contributed by atoms with van der Waals surface area (Å²) in [5.41, 5.74) is 4.78. The van der Waals surface area contributed by atoms with Crippen LogP contribution in [-0.2, 0) is 4.79 Å². The third-order valence-corrected chi connectivity index (χ3v) is 5.41. The van der Waals surface area contributed by atoms with Crippen molar-refractivity contribution in [3.63, 3.8) is 0 Å². The molecule has 4 aromatic rings. The monoisotopic (exact) mass is 447 g/mol. The number of anilines is 1. The van der Waals surface area contributed by atoms with E-state index in [-0.39, 0.29) is 5.91 Å². The number of hydrogen-bond acceptors (Lipinski definition) is 4. The SMILES string of the molecule is COc1ccc(Cl)cc1NC(=O)/C=C(\C)c1cc2c(-c3ccccc3)coc2cc1OC. The van der Waals surface area contributed by atoms with Gasteiger partial charge in [0.15, 0.2) is 0 Å². The van der Waals surface area contributed by atoms with Crippen LogP contribution >= 0.6 is 11.6 Å². The standard InChI is InChI=1S/C26H22ClNO4/c1-16(11-26(29)28-22-12-18(27)9-10-23(22)30-2)19-13-20-21(17-7-5-4-6-8-17)15-32-25(20)14-24(19)31-3/h4-15H,1-3H3,(H,28,29)/b16-11+. The number of halogens is 1. The summed E-state index contributed by atoms with van der Waals surface area (Å²) in [6, 6.07) is 18.9. The van der Waals surface area contributed by atoms with Crippen LogP contribution in [0.15, 0.2) is 77.4 Å². The van der Waals surface area contributed by atoms with Gasteiger partial charge in [-0.1, -0.05) is 41.9 Å². The average molecular weight is 448 g/mol. The number of furan rings is 1. The van der Waals surface area contributed by atoms with E-state index < -0.39 is 0 Å². The maximum Gasteiger partial charge on any atom is 0.248 e. The van der Waals surface area contributed by atoms with E-state index in [9.17, 15) is 4.79 Å². The zero-order chi connectivity index (χ0) is 22.7. The van der Waals surface area contributed by atoms with E-state index in [1.165, 1.54) is 13.2 Å². The van der Waals surface area contributed by atoms with E-state index in [1.807, 2.05) is 49.4 Å². The molecule has 0 spiro atoms. The van der Waals surface area contributed by atoms with Crippen molar-refractivity contribution in [3.05, 3.63) is 83.6 Å². The van der Waals surface area contributed by atoms with E-state index in [0.29, 0.717) is 27.8 Å². The molecular formula is C26H22ClNO4. The smallest absolute Gasteiger partial charge is 0.248 e. The fourth-order valence-electron chi connectivity index (χ4n) is 3.59. The molecule has 0 saturated heterocycles. The molecule has 0 aliphatic heterocycles. The number of rotatable bonds is 6. The van der Waals surface area contributed by atoms with E-state index in [0.717, 1.165) is 27.6 Å². The van der Waals surface area contributed by atoms with Crippen LogP contribution in [0.4, 0.5) is 5.69 Å². The summed E-state index contributed by atoms with van der Waals surface area (Å²) >= 11 is 6.06. The molecule has 0 radical (unpaired) electrons. The third kappa shape index (κ3) is 4.34. The van der Waals surface area contributed by atoms with Crippen LogP contribution in [0.5, 0.6) is 11.5 Å². The van der Waals surface area contributed by atoms with Gasteiger partial charge in [-0.2, -0.15) is 0 Å². The Balaban J connectivity index is 1.71. The van der Waals surface area contributed by atoms with Gasteiger partial charge in [-0.15, -0.1) is 0 Å². The van der Waals surface area contributed by atoms with Crippen molar-refractivity contribution in [2.24, 2.45) is 0 Å². The maximum atomic E-state index is 12.7. The van der Waals surface area contributed by atoms with Gasteiger partial charge in [0.25, 0.3) is 0 Å². The summed E-state index contributed by atoms with van der Waals surface area (Å²) in [6.07, 6.45) is 3.26. The number of nitrogens with one attached hydrogen (secondary N) is 1. The summed E-state index contributed by atoms with van der Waals surface area (Å²) < 4.78 is 16.6. The first kappa shape index (κ1) is 21.5. The second kappa shape index (κ2) is 9.20. The Kier molecular flexibility index (Phi) is 6.19. The van der Waals surface area contributed by atoms with Gasteiger partial charge in [0.1, 0.15) is 17.1 Å². The number of allylic oxidation sites excluding steroid dienone is 1. The first-order chi connectivity index (χ1) is 15.5. The van der Waals surface area contributed by atoms with Gasteiger partial charge < -0.3 is 19.2 Å². The molecule has 0 atom stereocenters. The second-order valence-electron chi connectivity index (χ2n) is 7.23. The number of carbonyl (C=O) groups excluding carboxylic acids is 1. The Morgan fingerprint density at radius 2 is 1.75 bits per heavy atom. The van der Waals surface area contributed by atoms with Crippen molar-refractivity contribution in [3.8, 4) is 22.6 Å². The first-order valence-electron chi connectivity index (χ1n) is 9.98. The average Bonchev–Trinajstić information content (AvgIpc) is 3.21. The number of benzene rings is 3. The van der Waals surface area contributed by atoms with Crippen LogP contribution < -0.4 is 14.8 Å². The summed E-state index contributed by atoms with van der Waals surface area (Å²) in [5.74, 6) is 0.841. The molecule has 0 aliphatic rings. The van der Waals surface area contributed by atoms with E-state index >= 15 is 0 Å². The molecule has 0 unspecified atom stereocenters. The molecule has 5 nitrogen and oxygen atoms in total. The van der Waals surface area contributed by atoms with Crippen LogP contribution in [0.1, 0.15) is 12.5 Å². The highest BCUT2D eigenvalue weighted by atomic mass is 35.5. The van der Waals surface area contributed by atoms with Crippen molar-refractivity contribution in [2.45, 2.75) is 6.92 Å². The largest absolute Gasteiger partial charge is 0.496 e. The van der Waals surface area contributed by atoms with Gasteiger partial charge in [-0.3, -0.25) is 4.79 Å². The molecule has 1 heterocycles. The van der Waals surface area contributed by atoms with E-state index in [1.54, 1.807) is 31.6 Å². The third-order valence-electron chi connectivity index (χ3n) is 5.17. The first-order valence-corrected chi connectivity index (χ1v) is 10.4. The molecule has 6 heteroatoms. The van der Waals surface area contributed by atoms with Gasteiger partial charge in [-0.05, 0) is 42.3 Å². The molecule has 0 aliphatic carbocycles. The van der Waals surface area contributed by atoms with Gasteiger partial charge >= 0.3 is 0 Å². The van der Waals surface area contributed by atoms with Gasteiger partial charge in [0.2, 0.25) is 5.91 Å². The van der Waals surface area contributed by atoms with Crippen molar-refractivity contribution in [2.75, 3.05) is 19.5 Å². The van der Waals surface area contributed by atoms with E-state index in [4.69, 9.17) is 25.5 Å². The molecule has 1 amide bonds. The second-order valence-corrected chi connectivity index (χ2v) is 7.66. The Bertz CT molecular complexity index is 1310. The van der Waals surface area contributed by atoms with Gasteiger partial charge in [0, 0.05) is 33.7 Å². The minimum Gasteiger partial charge on any atom is -0.496 e. The Labute approximate surface area is 191 Å². The highest BCUT2D eigenvalue weighted by Crippen LogP contribution is 2.37. The molecule has 32 heavy (non-hydrogen) atoms. The quantitative estimate of drug-likeness (QED) is 0.330. The van der Waals surface area contributed by atoms with Crippen molar-refractivity contribution >= 4 is 39.7 Å². The molecule has 162 valence electrons. The Hall–Kier alpha value is -3.70. The molecule has 0 fully saturated rings. The van der Waals surface area contributed by atoms with Crippen LogP contribution in [0.2, 0.25) is 5.02 Å². The zero-order valence-electron chi connectivity index (χ0n) is 17.9. The lowest BCUT2D eigenvalue weighted by Gasteiger charge is -2.11. The summed E-state index contributed by atoms with van der Waals surface area (Å²) in [6.45, 7) is 1.86. The predicted octanol–water partition coefficient (Wildman–Crippen LogP) is 6.81. The number of fused-ring (bicyclic) bond motifs is 1. The zero-order valence-corrected chi connectivity index (χ0v) is 18.7. The normalized spacial score (nSPS) is 11.4. The van der Waals surface area contributed by atoms with Gasteiger partial charge in [0.05, 0.1) is 26.2 Å². The lowest BCUT2D eigenvalue weighted by atomic mass is 9.99. The lowest BCUT2D eigenvalue weighted by Crippen LogP contribution is -2.09. The lowest BCUT2D eigenvalue weighted by molar-refractivity contribution is -0.111. The maximum absolute atomic E-state index is 12.7. The van der Waals surface area contributed by atoms with Crippen molar-refractivity contribution in [1.82, 2.24) is 0 Å². The fraction of sp³-hybridized carbons (Fsp3) is 0.115. The molecule has 4 rings (SSSR count). The highest BCUT2D eigenvalue weighted by Gasteiger charge is 2.15. The highest BCUT2D eigenvalue weighted by molar-refractivity contribution is 6.31. The summed E-state index contributed by atoms with van der Waals surface area (Å²) in [7, 11) is 3.13. The number of carbonyl (C=O) groups is 1. The fourth-order valence-corrected chi connectivity index (χ4v) is 3.77. The summed E-state index contributed by atoms with van der Waals surface area (Å²) in [4.78, 5) is 12.7. The van der Waals surface area contributed by atoms with Crippen LogP contribution in [0.3, 0.4) is 0 Å². The molecule has 1 aromatic heterocycles. The minimum absolute atomic E-state index is 0.305. The topological polar surface area (TPSA) is 60.7 Å².